The van der Waals surface area contributed by atoms with E-state index in [1.54, 1.807) is 0 Å². The highest BCUT2D eigenvalue weighted by molar-refractivity contribution is 5.98. The molecule has 2 N–H and O–H groups in total. The van der Waals surface area contributed by atoms with Gasteiger partial charge in [-0.2, -0.15) is 4.39 Å². The first kappa shape index (κ1) is 15.3. The van der Waals surface area contributed by atoms with Gasteiger partial charge >= 0.3 is 11.7 Å². The van der Waals surface area contributed by atoms with Gasteiger partial charge in [-0.15, -0.1) is 0 Å². The minimum Gasteiger partial charge on any atom is -0.465 e. The molecule has 0 aliphatic carbocycles. The second-order valence-corrected chi connectivity index (χ2v) is 4.17. The molecule has 22 heavy (non-hydrogen) atoms. The lowest BCUT2D eigenvalue weighted by molar-refractivity contribution is -0.384. The number of methoxy groups -OCH3 is 1. The van der Waals surface area contributed by atoms with Gasteiger partial charge in [0.2, 0.25) is 5.95 Å². The Hall–Kier alpha value is -3.10. The Labute approximate surface area is 122 Å². The zero-order valence-electron chi connectivity index (χ0n) is 11.2. The van der Waals surface area contributed by atoms with Crippen LogP contribution in [0.2, 0.25) is 0 Å². The molecule has 0 spiro atoms. The predicted octanol–water partition coefficient (Wildman–Crippen LogP) is 2.30. The van der Waals surface area contributed by atoms with Crippen LogP contribution in [0.15, 0.2) is 24.4 Å². The molecule has 9 heteroatoms. The minimum absolute atomic E-state index is 0.0118. The van der Waals surface area contributed by atoms with Crippen LogP contribution >= 0.6 is 0 Å². The summed E-state index contributed by atoms with van der Waals surface area (Å²) in [5, 5.41) is 11.0. The van der Waals surface area contributed by atoms with Crippen molar-refractivity contribution in [2.45, 2.75) is 0 Å². The largest absolute Gasteiger partial charge is 0.465 e. The van der Waals surface area contributed by atoms with Crippen LogP contribution < -0.4 is 5.73 Å². The number of hydrogen-bond donors (Lipinski definition) is 1. The fraction of sp³-hybridized carbons (Fsp3) is 0.0769. The van der Waals surface area contributed by atoms with Crippen LogP contribution in [-0.2, 0) is 4.74 Å². The van der Waals surface area contributed by atoms with Gasteiger partial charge in [-0.3, -0.25) is 10.1 Å². The molecule has 0 unspecified atom stereocenters. The number of esters is 1. The van der Waals surface area contributed by atoms with Crippen LogP contribution in [0.5, 0.6) is 0 Å². The summed E-state index contributed by atoms with van der Waals surface area (Å²) in [7, 11) is 1.03. The molecule has 114 valence electrons. The lowest BCUT2D eigenvalue weighted by Gasteiger charge is -2.09. The van der Waals surface area contributed by atoms with E-state index in [9.17, 15) is 23.7 Å². The lowest BCUT2D eigenvalue weighted by atomic mass is 10.0. The van der Waals surface area contributed by atoms with Crippen molar-refractivity contribution >= 4 is 17.3 Å². The standard InChI is InChI=1S/C13H9F2N3O4/c1-22-13(19)8-4-6(5-9(16)11(8)18(20)21)7-2-3-17-12(15)10(7)14/h2-5H,16H2,1H3. The zero-order valence-corrected chi connectivity index (χ0v) is 11.2. The van der Waals surface area contributed by atoms with E-state index in [0.717, 1.165) is 31.5 Å². The third kappa shape index (κ3) is 2.55. The first-order chi connectivity index (χ1) is 10.4. The number of halogens is 2. The van der Waals surface area contributed by atoms with E-state index in [4.69, 9.17) is 5.73 Å². The van der Waals surface area contributed by atoms with Gasteiger partial charge in [0.25, 0.3) is 0 Å². The second kappa shape index (κ2) is 5.72. The van der Waals surface area contributed by atoms with Crippen LogP contribution in [0.4, 0.5) is 20.2 Å². The molecule has 0 fully saturated rings. The molecule has 0 aliphatic heterocycles. The Morgan fingerprint density at radius 1 is 1.41 bits per heavy atom. The molecule has 0 radical (unpaired) electrons. The van der Waals surface area contributed by atoms with Crippen LogP contribution in [0.25, 0.3) is 11.1 Å². The number of aromatic nitrogens is 1. The molecule has 1 aromatic carbocycles. The quantitative estimate of drug-likeness (QED) is 0.306. The number of carbonyl (C=O) groups excluding carboxylic acids is 1. The number of nitrogen functional groups attached to an aromatic ring is 1. The van der Waals surface area contributed by atoms with Gasteiger partial charge in [0.05, 0.1) is 12.0 Å². The summed E-state index contributed by atoms with van der Waals surface area (Å²) in [6.07, 6.45) is 1.02. The Morgan fingerprint density at radius 3 is 2.68 bits per heavy atom. The highest BCUT2D eigenvalue weighted by Gasteiger charge is 2.26. The molecule has 7 nitrogen and oxygen atoms in total. The molecule has 1 aromatic heterocycles. The molecule has 0 aliphatic rings. The summed E-state index contributed by atoms with van der Waals surface area (Å²) in [5.74, 6) is -3.62. The van der Waals surface area contributed by atoms with Crippen molar-refractivity contribution < 1.29 is 23.2 Å². The summed E-state index contributed by atoms with van der Waals surface area (Å²) in [6.45, 7) is 0. The average molecular weight is 309 g/mol. The number of nitro benzene ring substituents is 1. The number of nitrogens with two attached hydrogens (primary N) is 1. The van der Waals surface area contributed by atoms with Gasteiger partial charge in [-0.05, 0) is 23.8 Å². The summed E-state index contributed by atoms with van der Waals surface area (Å²) >= 11 is 0. The Morgan fingerprint density at radius 2 is 2.09 bits per heavy atom. The fourth-order valence-corrected chi connectivity index (χ4v) is 1.92. The Kier molecular flexibility index (Phi) is 3.97. The van der Waals surface area contributed by atoms with E-state index in [-0.39, 0.29) is 16.8 Å². The molecular formula is C13H9F2N3O4. The van der Waals surface area contributed by atoms with Gasteiger partial charge in [-0.25, -0.2) is 14.2 Å². The van der Waals surface area contributed by atoms with Crippen molar-refractivity contribution in [3.63, 3.8) is 0 Å². The maximum atomic E-state index is 13.8. The predicted molar refractivity (Wildman–Crippen MR) is 72.0 cm³/mol. The molecule has 0 bridgehead atoms. The molecule has 2 rings (SSSR count). The van der Waals surface area contributed by atoms with Crippen molar-refractivity contribution in [3.8, 4) is 11.1 Å². The third-order valence-electron chi connectivity index (χ3n) is 2.88. The Bertz CT molecular complexity index is 780. The maximum absolute atomic E-state index is 13.8. The molecule has 0 atom stereocenters. The molecular weight excluding hydrogens is 300 g/mol. The summed E-state index contributed by atoms with van der Waals surface area (Å²) in [5.41, 5.74) is 3.82. The molecule has 0 amide bonds. The molecule has 1 heterocycles. The first-order valence-electron chi connectivity index (χ1n) is 5.83. The van der Waals surface area contributed by atoms with Gasteiger partial charge in [0.15, 0.2) is 5.82 Å². The van der Waals surface area contributed by atoms with E-state index in [0.29, 0.717) is 0 Å². The number of rotatable bonds is 3. The van der Waals surface area contributed by atoms with Crippen LogP contribution in [0, 0.1) is 21.9 Å². The third-order valence-corrected chi connectivity index (χ3v) is 2.88. The van der Waals surface area contributed by atoms with E-state index >= 15 is 0 Å². The van der Waals surface area contributed by atoms with E-state index < -0.39 is 33.9 Å². The van der Waals surface area contributed by atoms with Crippen molar-refractivity contribution in [3.05, 3.63) is 51.8 Å². The number of carbonyl (C=O) groups is 1. The first-order valence-corrected chi connectivity index (χ1v) is 5.83. The van der Waals surface area contributed by atoms with Gasteiger partial charge < -0.3 is 10.5 Å². The van der Waals surface area contributed by atoms with Crippen molar-refractivity contribution in [2.24, 2.45) is 0 Å². The number of ether oxygens (including phenoxy) is 1. The number of benzene rings is 1. The van der Waals surface area contributed by atoms with Gasteiger partial charge in [0.1, 0.15) is 11.3 Å². The number of nitrogens with zero attached hydrogens (tertiary/aromatic N) is 2. The molecule has 0 saturated carbocycles. The lowest BCUT2D eigenvalue weighted by Crippen LogP contribution is -2.09. The van der Waals surface area contributed by atoms with Crippen LogP contribution in [0.1, 0.15) is 10.4 Å². The highest BCUT2D eigenvalue weighted by Crippen LogP contribution is 2.34. The molecule has 2 aromatic rings. The van der Waals surface area contributed by atoms with Gasteiger partial charge in [-0.1, -0.05) is 0 Å². The van der Waals surface area contributed by atoms with Crippen molar-refractivity contribution in [2.75, 3.05) is 12.8 Å². The SMILES string of the molecule is COC(=O)c1cc(-c2ccnc(F)c2F)cc(N)c1[N+](=O)[O-]. The zero-order chi connectivity index (χ0) is 16.4. The summed E-state index contributed by atoms with van der Waals surface area (Å²) in [4.78, 5) is 25.0. The van der Waals surface area contributed by atoms with Crippen molar-refractivity contribution in [1.82, 2.24) is 4.98 Å². The number of hydrogen-bond acceptors (Lipinski definition) is 6. The fourth-order valence-electron chi connectivity index (χ4n) is 1.92. The summed E-state index contributed by atoms with van der Waals surface area (Å²) < 4.78 is 31.4. The number of nitro groups is 1. The van der Waals surface area contributed by atoms with E-state index in [1.165, 1.54) is 0 Å². The van der Waals surface area contributed by atoms with Crippen molar-refractivity contribution in [1.29, 1.82) is 0 Å². The monoisotopic (exact) mass is 309 g/mol. The Balaban J connectivity index is 2.75. The highest BCUT2D eigenvalue weighted by atomic mass is 19.2. The normalized spacial score (nSPS) is 10.3. The maximum Gasteiger partial charge on any atom is 0.344 e. The van der Waals surface area contributed by atoms with Gasteiger partial charge in [0, 0.05) is 11.8 Å². The van der Waals surface area contributed by atoms with E-state index in [1.807, 2.05) is 0 Å². The average Bonchev–Trinajstić information content (AvgIpc) is 2.47. The van der Waals surface area contributed by atoms with Crippen LogP contribution in [-0.4, -0.2) is 23.0 Å². The molecule has 0 saturated heterocycles. The number of pyridine rings is 1. The minimum atomic E-state index is -1.34. The topological polar surface area (TPSA) is 108 Å². The number of anilines is 1. The van der Waals surface area contributed by atoms with E-state index in [2.05, 4.69) is 9.72 Å². The summed E-state index contributed by atoms with van der Waals surface area (Å²) in [6, 6.07) is 3.24. The second-order valence-electron chi connectivity index (χ2n) is 4.17. The van der Waals surface area contributed by atoms with Crippen LogP contribution in [0.3, 0.4) is 0 Å². The smallest absolute Gasteiger partial charge is 0.344 e.